The molecule has 88 valence electrons. The number of carbonyl (C=O) groups excluding carboxylic acids is 1. The summed E-state index contributed by atoms with van der Waals surface area (Å²) in [6.07, 6.45) is 4.33. The van der Waals surface area contributed by atoms with E-state index >= 15 is 0 Å². The molecule has 2 aliphatic rings. The number of urea groups is 1. The normalized spacial score (nSPS) is 38.9. The van der Waals surface area contributed by atoms with Crippen molar-refractivity contribution in [1.29, 1.82) is 0 Å². The fourth-order valence-corrected chi connectivity index (χ4v) is 1.99. The van der Waals surface area contributed by atoms with Crippen molar-refractivity contribution in [2.45, 2.75) is 25.2 Å². The lowest BCUT2D eigenvalue weighted by Gasteiger charge is -2.32. The van der Waals surface area contributed by atoms with E-state index in [0.717, 1.165) is 12.8 Å². The third kappa shape index (κ3) is 1.75. The maximum absolute atomic E-state index is 11.8. The molecule has 3 unspecified atom stereocenters. The van der Waals surface area contributed by atoms with E-state index in [1.54, 1.807) is 19.3 Å². The van der Waals surface area contributed by atoms with Crippen LogP contribution in [0.4, 0.5) is 4.79 Å². The van der Waals surface area contributed by atoms with Crippen LogP contribution in [-0.4, -0.2) is 47.4 Å². The summed E-state index contributed by atoms with van der Waals surface area (Å²) in [7, 11) is 1.74. The van der Waals surface area contributed by atoms with Crippen LogP contribution in [-0.2, 0) is 4.74 Å². The van der Waals surface area contributed by atoms with Gasteiger partial charge in [0.2, 0.25) is 6.23 Å². The number of aliphatic imine (C=N–C) groups is 1. The van der Waals surface area contributed by atoms with E-state index < -0.39 is 0 Å². The van der Waals surface area contributed by atoms with E-state index in [1.165, 1.54) is 0 Å². The predicted octanol–water partition coefficient (Wildman–Crippen LogP) is -0.0651. The first-order valence-electron chi connectivity index (χ1n) is 5.26. The minimum Gasteiger partial charge on any atom is -0.394 e. The molecule has 6 nitrogen and oxygen atoms in total. The average Bonchev–Trinajstić information content (AvgIpc) is 2.73. The van der Waals surface area contributed by atoms with Crippen molar-refractivity contribution in [3.63, 3.8) is 0 Å². The smallest absolute Gasteiger partial charge is 0.394 e. The number of amides is 2. The molecule has 0 aliphatic carbocycles. The van der Waals surface area contributed by atoms with Crippen LogP contribution in [0.3, 0.4) is 0 Å². The number of rotatable bonds is 2. The summed E-state index contributed by atoms with van der Waals surface area (Å²) >= 11 is 0. The Morgan fingerprint density at radius 1 is 1.69 bits per heavy atom. The quantitative estimate of drug-likeness (QED) is 0.646. The second-order valence-corrected chi connectivity index (χ2v) is 4.25. The largest absolute Gasteiger partial charge is 0.451 e. The maximum atomic E-state index is 11.8. The number of hydrogen-bond donors (Lipinski definition) is 2. The topological polar surface area (TPSA) is 84.9 Å². The first-order valence-corrected chi connectivity index (χ1v) is 5.26. The molecule has 2 rings (SSSR count). The van der Waals surface area contributed by atoms with E-state index in [0.29, 0.717) is 0 Å². The fraction of sp³-hybridized carbons (Fsp3) is 0.600. The van der Waals surface area contributed by atoms with Crippen LogP contribution in [0.25, 0.3) is 0 Å². The predicted molar refractivity (Wildman–Crippen MR) is 57.3 cm³/mol. The minimum absolute atomic E-state index is 0.0141. The summed E-state index contributed by atoms with van der Waals surface area (Å²) < 4.78 is 5.57. The molecule has 2 aliphatic heterocycles. The van der Waals surface area contributed by atoms with E-state index in [1.807, 2.05) is 0 Å². The zero-order valence-corrected chi connectivity index (χ0v) is 9.17. The number of carbonyl (C=O) groups is 1. The number of aliphatic hydroxyl groups is 1. The summed E-state index contributed by atoms with van der Waals surface area (Å²) in [5, 5.41) is 8.99. The molecule has 1 saturated heterocycles. The molecule has 0 aromatic rings. The van der Waals surface area contributed by atoms with Crippen molar-refractivity contribution in [3.8, 4) is 0 Å². The number of quaternary nitrogens is 1. The van der Waals surface area contributed by atoms with Gasteiger partial charge in [0.1, 0.15) is 12.0 Å². The van der Waals surface area contributed by atoms with Crippen LogP contribution < -0.4 is 5.73 Å². The third-order valence-corrected chi connectivity index (χ3v) is 3.08. The summed E-state index contributed by atoms with van der Waals surface area (Å²) in [4.78, 5) is 15.5. The van der Waals surface area contributed by atoms with Gasteiger partial charge >= 0.3 is 6.03 Å². The lowest BCUT2D eigenvalue weighted by Crippen LogP contribution is -2.53. The Morgan fingerprint density at radius 3 is 3.00 bits per heavy atom. The van der Waals surface area contributed by atoms with Gasteiger partial charge in [-0.15, -0.1) is 4.99 Å². The van der Waals surface area contributed by atoms with E-state index in [4.69, 9.17) is 15.6 Å². The molecule has 0 aromatic carbocycles. The molecule has 16 heavy (non-hydrogen) atoms. The van der Waals surface area contributed by atoms with Gasteiger partial charge in [-0.3, -0.25) is 0 Å². The minimum atomic E-state index is -0.330. The highest BCUT2D eigenvalue weighted by Crippen LogP contribution is 2.29. The van der Waals surface area contributed by atoms with Crippen LogP contribution in [0.15, 0.2) is 17.3 Å². The number of hydrogen-bond acceptors (Lipinski definition) is 4. The van der Waals surface area contributed by atoms with Crippen LogP contribution >= 0.6 is 0 Å². The number of amidine groups is 1. The summed E-state index contributed by atoms with van der Waals surface area (Å²) in [6.45, 7) is -0.0141. The number of nitrogens with zero attached hydrogens (tertiary/aromatic N) is 2. The molecule has 2 heterocycles. The molecule has 6 heteroatoms. The van der Waals surface area contributed by atoms with Crippen molar-refractivity contribution in [2.24, 2.45) is 10.7 Å². The second-order valence-electron chi connectivity index (χ2n) is 4.25. The Morgan fingerprint density at radius 2 is 2.44 bits per heavy atom. The number of ether oxygens (including phenoxy) is 1. The van der Waals surface area contributed by atoms with Crippen LogP contribution in [0.1, 0.15) is 12.8 Å². The van der Waals surface area contributed by atoms with Gasteiger partial charge in [-0.05, 0) is 6.42 Å². The Balaban J connectivity index is 2.15. The van der Waals surface area contributed by atoms with Gasteiger partial charge in [0, 0.05) is 12.5 Å². The van der Waals surface area contributed by atoms with Gasteiger partial charge in [0.15, 0.2) is 0 Å². The first-order chi connectivity index (χ1) is 7.56. The lowest BCUT2D eigenvalue weighted by atomic mass is 10.2. The van der Waals surface area contributed by atoms with Crippen molar-refractivity contribution in [2.75, 3.05) is 13.7 Å². The van der Waals surface area contributed by atoms with Gasteiger partial charge in [-0.1, -0.05) is 0 Å². The summed E-state index contributed by atoms with van der Waals surface area (Å²) in [5.41, 5.74) is 5.45. The zero-order valence-electron chi connectivity index (χ0n) is 9.17. The highest BCUT2D eigenvalue weighted by atomic mass is 16.5. The molecule has 0 spiro atoms. The standard InChI is InChI=1S/C10H15N3O3/c1-13(5-4-8(11)12-10(13)15)9-3-2-7(6-14)16-9/h4-5,7,9,14H,2-3,6H2,1H3,(H-,11,12,15)/p+1. The second kappa shape index (κ2) is 3.97. The Labute approximate surface area is 93.6 Å². The monoisotopic (exact) mass is 226 g/mol. The number of aliphatic hydroxyl groups excluding tert-OH is 1. The third-order valence-electron chi connectivity index (χ3n) is 3.08. The molecule has 0 bridgehead atoms. The van der Waals surface area contributed by atoms with Crippen LogP contribution in [0, 0.1) is 0 Å². The Hall–Kier alpha value is -1.24. The highest BCUT2D eigenvalue weighted by Gasteiger charge is 2.45. The summed E-state index contributed by atoms with van der Waals surface area (Å²) in [5.74, 6) is 0.220. The lowest BCUT2D eigenvalue weighted by molar-refractivity contribution is -0.830. The van der Waals surface area contributed by atoms with E-state index in [-0.39, 0.29) is 35.3 Å². The SMILES string of the molecule is C[N+]1(C2CCC(CO)O2)C=CC(N)=NC1=O. The average molecular weight is 226 g/mol. The molecule has 3 atom stereocenters. The van der Waals surface area contributed by atoms with Crippen molar-refractivity contribution in [1.82, 2.24) is 0 Å². The zero-order chi connectivity index (χ0) is 11.8. The molecule has 0 saturated carbocycles. The molecular weight excluding hydrogens is 210 g/mol. The van der Waals surface area contributed by atoms with Crippen LogP contribution in [0.5, 0.6) is 0 Å². The number of nitrogens with two attached hydrogens (primary N) is 1. The van der Waals surface area contributed by atoms with Gasteiger partial charge in [0.05, 0.1) is 19.8 Å². The maximum Gasteiger partial charge on any atom is 0.451 e. The van der Waals surface area contributed by atoms with E-state index in [9.17, 15) is 4.79 Å². The van der Waals surface area contributed by atoms with Gasteiger partial charge in [-0.25, -0.2) is 4.79 Å². The fourth-order valence-electron chi connectivity index (χ4n) is 1.99. The Bertz CT molecular complexity index is 366. The highest BCUT2D eigenvalue weighted by molar-refractivity contribution is 5.99. The van der Waals surface area contributed by atoms with Crippen molar-refractivity contribution < 1.29 is 19.1 Å². The van der Waals surface area contributed by atoms with Gasteiger partial charge in [0.25, 0.3) is 0 Å². The van der Waals surface area contributed by atoms with E-state index in [2.05, 4.69) is 4.99 Å². The molecule has 3 N–H and O–H groups in total. The molecular formula is C10H16N3O3+. The Kier molecular flexibility index (Phi) is 2.79. The molecule has 2 amide bonds. The van der Waals surface area contributed by atoms with Gasteiger partial charge < -0.3 is 15.6 Å². The van der Waals surface area contributed by atoms with Crippen LogP contribution in [0.2, 0.25) is 0 Å². The molecule has 0 radical (unpaired) electrons. The summed E-state index contributed by atoms with van der Waals surface area (Å²) in [6, 6.07) is -0.330. The van der Waals surface area contributed by atoms with Gasteiger partial charge in [-0.2, -0.15) is 4.48 Å². The van der Waals surface area contributed by atoms with Crippen molar-refractivity contribution in [3.05, 3.63) is 12.3 Å². The first kappa shape index (κ1) is 11.3. The molecule has 1 fully saturated rings. The van der Waals surface area contributed by atoms with Crippen molar-refractivity contribution >= 4 is 11.9 Å². The molecule has 0 aromatic heterocycles.